The Kier molecular flexibility index (Phi) is 3.02. The quantitative estimate of drug-likeness (QED) is 0.665. The number of rotatable bonds is 3. The van der Waals surface area contributed by atoms with E-state index in [4.69, 9.17) is 5.11 Å². The van der Waals surface area contributed by atoms with Gasteiger partial charge in [0.25, 0.3) is 5.91 Å². The van der Waals surface area contributed by atoms with Crippen molar-refractivity contribution in [2.24, 2.45) is 7.05 Å². The number of carbonyl (C=O) groups excluding carboxylic acids is 1. The number of aryl methyl sites for hydroxylation is 1. The average Bonchev–Trinajstić information content (AvgIpc) is 2.51. The third-order valence-electron chi connectivity index (χ3n) is 1.70. The van der Waals surface area contributed by atoms with Crippen LogP contribution in [0.2, 0.25) is 0 Å². The SMILES string of the molecule is CC(CO)NC(=O)c1cncn1C. The highest BCUT2D eigenvalue weighted by atomic mass is 16.3. The minimum Gasteiger partial charge on any atom is -0.394 e. The van der Waals surface area contributed by atoms with Gasteiger partial charge in [-0.2, -0.15) is 0 Å². The fraction of sp³-hybridized carbons (Fsp3) is 0.500. The second kappa shape index (κ2) is 4.04. The Balaban J connectivity index is 2.64. The Morgan fingerprint density at radius 3 is 3.00 bits per heavy atom. The molecule has 0 fully saturated rings. The molecule has 0 spiro atoms. The lowest BCUT2D eigenvalue weighted by atomic mass is 10.3. The van der Waals surface area contributed by atoms with Crippen molar-refractivity contribution in [3.05, 3.63) is 18.2 Å². The van der Waals surface area contributed by atoms with Crippen molar-refractivity contribution in [1.29, 1.82) is 0 Å². The lowest BCUT2D eigenvalue weighted by molar-refractivity contribution is 0.0914. The van der Waals surface area contributed by atoms with Crippen molar-refractivity contribution < 1.29 is 9.90 Å². The van der Waals surface area contributed by atoms with E-state index < -0.39 is 0 Å². The molecule has 0 radical (unpaired) electrons. The molecule has 0 aliphatic rings. The van der Waals surface area contributed by atoms with Crippen LogP contribution in [0.3, 0.4) is 0 Å². The van der Waals surface area contributed by atoms with Crippen molar-refractivity contribution in [2.75, 3.05) is 6.61 Å². The lowest BCUT2D eigenvalue weighted by Crippen LogP contribution is -2.35. The van der Waals surface area contributed by atoms with Gasteiger partial charge >= 0.3 is 0 Å². The molecule has 1 rings (SSSR count). The Labute approximate surface area is 76.4 Å². The molecule has 1 unspecified atom stereocenters. The van der Waals surface area contributed by atoms with Gasteiger partial charge in [-0.25, -0.2) is 4.98 Å². The number of carbonyl (C=O) groups is 1. The van der Waals surface area contributed by atoms with Crippen molar-refractivity contribution in [2.45, 2.75) is 13.0 Å². The fourth-order valence-corrected chi connectivity index (χ4v) is 0.919. The summed E-state index contributed by atoms with van der Waals surface area (Å²) in [6.45, 7) is 1.66. The van der Waals surface area contributed by atoms with Gasteiger partial charge in [-0.05, 0) is 6.92 Å². The van der Waals surface area contributed by atoms with Crippen LogP contribution >= 0.6 is 0 Å². The highest BCUT2D eigenvalue weighted by Crippen LogP contribution is 1.96. The van der Waals surface area contributed by atoms with Crippen LogP contribution in [-0.4, -0.2) is 33.2 Å². The summed E-state index contributed by atoms with van der Waals surface area (Å²) >= 11 is 0. The first-order valence-electron chi connectivity index (χ1n) is 4.03. The van der Waals surface area contributed by atoms with Crippen LogP contribution in [0, 0.1) is 0 Å². The Hall–Kier alpha value is -1.36. The molecule has 13 heavy (non-hydrogen) atoms. The van der Waals surface area contributed by atoms with E-state index >= 15 is 0 Å². The van der Waals surface area contributed by atoms with Gasteiger partial charge in [0.1, 0.15) is 5.69 Å². The van der Waals surface area contributed by atoms with Gasteiger partial charge in [-0.3, -0.25) is 4.79 Å². The zero-order chi connectivity index (χ0) is 9.84. The van der Waals surface area contributed by atoms with Crippen molar-refractivity contribution in [1.82, 2.24) is 14.9 Å². The van der Waals surface area contributed by atoms with Crippen LogP contribution in [0.1, 0.15) is 17.4 Å². The Morgan fingerprint density at radius 1 is 1.85 bits per heavy atom. The summed E-state index contributed by atoms with van der Waals surface area (Å²) in [6.07, 6.45) is 3.04. The van der Waals surface area contributed by atoms with Gasteiger partial charge in [-0.1, -0.05) is 0 Å². The number of imidazole rings is 1. The maximum Gasteiger partial charge on any atom is 0.269 e. The van der Waals surface area contributed by atoms with E-state index in [0.29, 0.717) is 5.69 Å². The number of amides is 1. The van der Waals surface area contributed by atoms with E-state index in [0.717, 1.165) is 0 Å². The number of nitrogens with zero attached hydrogens (tertiary/aromatic N) is 2. The standard InChI is InChI=1S/C8H13N3O2/c1-6(4-12)10-8(13)7-3-9-5-11(7)2/h3,5-6,12H,4H2,1-2H3,(H,10,13). The topological polar surface area (TPSA) is 67.2 Å². The van der Waals surface area contributed by atoms with Crippen molar-refractivity contribution in [3.63, 3.8) is 0 Å². The van der Waals surface area contributed by atoms with E-state index in [2.05, 4.69) is 10.3 Å². The number of nitrogens with one attached hydrogen (secondary N) is 1. The summed E-state index contributed by atoms with van der Waals surface area (Å²) in [5.41, 5.74) is 0.486. The summed E-state index contributed by atoms with van der Waals surface area (Å²) in [5.74, 6) is -0.221. The molecule has 0 aliphatic carbocycles. The predicted molar refractivity (Wildman–Crippen MR) is 47.2 cm³/mol. The fourth-order valence-electron chi connectivity index (χ4n) is 0.919. The molecule has 2 N–H and O–H groups in total. The maximum absolute atomic E-state index is 11.4. The normalized spacial score (nSPS) is 12.5. The molecule has 1 aromatic heterocycles. The van der Waals surface area contributed by atoms with E-state index in [1.807, 2.05) is 0 Å². The van der Waals surface area contributed by atoms with E-state index in [1.54, 1.807) is 24.9 Å². The minimum atomic E-state index is -0.234. The summed E-state index contributed by atoms with van der Waals surface area (Å²) in [7, 11) is 1.74. The molecule has 72 valence electrons. The highest BCUT2D eigenvalue weighted by molar-refractivity contribution is 5.92. The molecule has 1 amide bonds. The van der Waals surface area contributed by atoms with Crippen molar-refractivity contribution >= 4 is 5.91 Å². The molecule has 0 saturated carbocycles. The first-order valence-corrected chi connectivity index (χ1v) is 4.03. The van der Waals surface area contributed by atoms with E-state index in [1.165, 1.54) is 6.20 Å². The van der Waals surface area contributed by atoms with Crippen LogP contribution in [-0.2, 0) is 7.05 Å². The third kappa shape index (κ3) is 2.29. The first kappa shape index (κ1) is 9.73. The van der Waals surface area contributed by atoms with Gasteiger partial charge in [0.15, 0.2) is 0 Å². The molecule has 1 aromatic rings. The largest absolute Gasteiger partial charge is 0.394 e. The van der Waals surface area contributed by atoms with Crippen LogP contribution < -0.4 is 5.32 Å². The molecular weight excluding hydrogens is 170 g/mol. The number of hydrogen-bond donors (Lipinski definition) is 2. The number of hydrogen-bond acceptors (Lipinski definition) is 3. The third-order valence-corrected chi connectivity index (χ3v) is 1.70. The maximum atomic E-state index is 11.4. The summed E-state index contributed by atoms with van der Waals surface area (Å²) in [5, 5.41) is 11.3. The number of aromatic nitrogens is 2. The molecular formula is C8H13N3O2. The summed E-state index contributed by atoms with van der Waals surface area (Å²) in [6, 6.07) is -0.234. The molecule has 1 heterocycles. The smallest absolute Gasteiger partial charge is 0.269 e. The number of aliphatic hydroxyl groups is 1. The van der Waals surface area contributed by atoms with Gasteiger partial charge in [0.2, 0.25) is 0 Å². The van der Waals surface area contributed by atoms with Gasteiger partial charge < -0.3 is 15.0 Å². The molecule has 5 heteroatoms. The monoisotopic (exact) mass is 183 g/mol. The molecule has 0 bridgehead atoms. The Morgan fingerprint density at radius 2 is 2.54 bits per heavy atom. The molecule has 1 atom stereocenters. The summed E-state index contributed by atoms with van der Waals surface area (Å²) < 4.78 is 1.62. The van der Waals surface area contributed by atoms with Crippen LogP contribution in [0.4, 0.5) is 0 Å². The minimum absolute atomic E-state index is 0.0659. The molecule has 0 saturated heterocycles. The zero-order valence-electron chi connectivity index (χ0n) is 7.69. The van der Waals surface area contributed by atoms with Crippen LogP contribution in [0.15, 0.2) is 12.5 Å². The average molecular weight is 183 g/mol. The van der Waals surface area contributed by atoms with Gasteiger partial charge in [-0.15, -0.1) is 0 Å². The van der Waals surface area contributed by atoms with E-state index in [-0.39, 0.29) is 18.6 Å². The highest BCUT2D eigenvalue weighted by Gasteiger charge is 2.11. The van der Waals surface area contributed by atoms with Crippen LogP contribution in [0.25, 0.3) is 0 Å². The lowest BCUT2D eigenvalue weighted by Gasteiger charge is -2.10. The predicted octanol–water partition coefficient (Wildman–Crippen LogP) is -0.469. The Bertz CT molecular complexity index is 295. The molecule has 5 nitrogen and oxygen atoms in total. The van der Waals surface area contributed by atoms with E-state index in [9.17, 15) is 4.79 Å². The van der Waals surface area contributed by atoms with Gasteiger partial charge in [0, 0.05) is 13.1 Å². The number of aliphatic hydroxyl groups excluding tert-OH is 1. The molecule has 0 aliphatic heterocycles. The second-order valence-corrected chi connectivity index (χ2v) is 2.95. The molecule has 0 aromatic carbocycles. The van der Waals surface area contributed by atoms with Crippen LogP contribution in [0.5, 0.6) is 0 Å². The second-order valence-electron chi connectivity index (χ2n) is 2.95. The van der Waals surface area contributed by atoms with Crippen molar-refractivity contribution in [3.8, 4) is 0 Å². The van der Waals surface area contributed by atoms with Gasteiger partial charge in [0.05, 0.1) is 19.1 Å². The zero-order valence-corrected chi connectivity index (χ0v) is 7.69. The first-order chi connectivity index (χ1) is 6.15. The summed E-state index contributed by atoms with van der Waals surface area (Å²) in [4.78, 5) is 15.2.